The zero-order valence-corrected chi connectivity index (χ0v) is 11.3. The van der Waals surface area contributed by atoms with E-state index >= 15 is 0 Å². The number of allylic oxidation sites excluding steroid dienone is 2. The second kappa shape index (κ2) is 4.85. The summed E-state index contributed by atoms with van der Waals surface area (Å²) in [6.45, 7) is 4.85. The third kappa shape index (κ3) is 3.30. The smallest absolute Gasteiger partial charge is 0.212 e. The molecule has 0 fully saturated rings. The quantitative estimate of drug-likeness (QED) is 0.754. The van der Waals surface area contributed by atoms with Gasteiger partial charge in [0.25, 0.3) is 0 Å². The summed E-state index contributed by atoms with van der Waals surface area (Å²) in [6.07, 6.45) is 1.42. The Morgan fingerprint density at radius 3 is 2.19 bits per heavy atom. The average Bonchev–Trinajstić information content (AvgIpc) is 2.08. The monoisotopic (exact) mass is 246 g/mol. The molecule has 0 heterocycles. The summed E-state index contributed by atoms with van der Waals surface area (Å²) in [6, 6.07) is 0. The second-order valence-corrected chi connectivity index (χ2v) is 6.90. The maximum absolute atomic E-state index is 11.6. The van der Waals surface area contributed by atoms with Gasteiger partial charge in [0.15, 0.2) is 0 Å². The SMILES string of the molecule is CC1=C(C)CC(S(N)(=O)=O)C(CN(C)C)C1. The fraction of sp³-hybridized carbons (Fsp3) is 0.818. The lowest BCUT2D eigenvalue weighted by Crippen LogP contribution is -2.42. The van der Waals surface area contributed by atoms with Gasteiger partial charge in [0, 0.05) is 6.54 Å². The fourth-order valence-corrected chi connectivity index (χ4v) is 3.58. The molecule has 1 aliphatic rings. The standard InChI is InChI=1S/C11H22N2O2S/c1-8-5-10(7-13(3)4)11(6-9(8)2)16(12,14)15/h10-11H,5-7H2,1-4H3,(H2,12,14,15). The predicted octanol–water partition coefficient (Wildman–Crippen LogP) is 0.952. The normalized spacial score (nSPS) is 27.6. The van der Waals surface area contributed by atoms with Crippen LogP contribution >= 0.6 is 0 Å². The highest BCUT2D eigenvalue weighted by atomic mass is 32.2. The number of hydrogen-bond donors (Lipinski definition) is 1. The van der Waals surface area contributed by atoms with Crippen molar-refractivity contribution in [3.63, 3.8) is 0 Å². The van der Waals surface area contributed by atoms with Crippen molar-refractivity contribution in [3.8, 4) is 0 Å². The number of hydrogen-bond acceptors (Lipinski definition) is 3. The van der Waals surface area contributed by atoms with Crippen molar-refractivity contribution in [3.05, 3.63) is 11.1 Å². The van der Waals surface area contributed by atoms with Gasteiger partial charge in [-0.25, -0.2) is 13.6 Å². The van der Waals surface area contributed by atoms with E-state index in [0.717, 1.165) is 13.0 Å². The summed E-state index contributed by atoms with van der Waals surface area (Å²) in [5.74, 6) is 0.119. The van der Waals surface area contributed by atoms with Gasteiger partial charge in [0.05, 0.1) is 5.25 Å². The lowest BCUT2D eigenvalue weighted by atomic mass is 9.84. The molecular formula is C11H22N2O2S. The minimum atomic E-state index is -3.44. The van der Waals surface area contributed by atoms with Crippen molar-refractivity contribution in [2.24, 2.45) is 11.1 Å². The van der Waals surface area contributed by atoms with Gasteiger partial charge in [0.1, 0.15) is 0 Å². The van der Waals surface area contributed by atoms with Crippen LogP contribution in [-0.2, 0) is 10.0 Å². The lowest BCUT2D eigenvalue weighted by Gasteiger charge is -2.33. The van der Waals surface area contributed by atoms with Crippen LogP contribution in [0.5, 0.6) is 0 Å². The first-order valence-electron chi connectivity index (χ1n) is 5.53. The molecule has 0 spiro atoms. The first-order valence-corrected chi connectivity index (χ1v) is 7.14. The molecule has 0 bridgehead atoms. The molecule has 0 amide bonds. The van der Waals surface area contributed by atoms with Gasteiger partial charge in [-0.15, -0.1) is 0 Å². The van der Waals surface area contributed by atoms with Crippen molar-refractivity contribution in [1.29, 1.82) is 0 Å². The zero-order valence-electron chi connectivity index (χ0n) is 10.5. The Hall–Kier alpha value is -0.390. The van der Waals surface area contributed by atoms with Gasteiger partial charge in [0.2, 0.25) is 10.0 Å². The van der Waals surface area contributed by atoms with Crippen LogP contribution in [0.4, 0.5) is 0 Å². The number of sulfonamides is 1. The van der Waals surface area contributed by atoms with Crippen molar-refractivity contribution >= 4 is 10.0 Å². The number of rotatable bonds is 3. The van der Waals surface area contributed by atoms with Crippen LogP contribution in [0.15, 0.2) is 11.1 Å². The molecule has 4 nitrogen and oxygen atoms in total. The highest BCUT2D eigenvalue weighted by Crippen LogP contribution is 2.32. The fourth-order valence-electron chi connectivity index (χ4n) is 2.38. The van der Waals surface area contributed by atoms with Crippen LogP contribution in [0.25, 0.3) is 0 Å². The molecule has 5 heteroatoms. The third-order valence-electron chi connectivity index (χ3n) is 3.35. The van der Waals surface area contributed by atoms with Crippen molar-refractivity contribution in [1.82, 2.24) is 4.90 Å². The van der Waals surface area contributed by atoms with Crippen molar-refractivity contribution in [2.45, 2.75) is 31.9 Å². The van der Waals surface area contributed by atoms with Crippen LogP contribution in [0.3, 0.4) is 0 Å². The molecule has 0 aromatic rings. The van der Waals surface area contributed by atoms with E-state index in [4.69, 9.17) is 5.14 Å². The largest absolute Gasteiger partial charge is 0.309 e. The van der Waals surface area contributed by atoms with Crippen LogP contribution in [0.2, 0.25) is 0 Å². The summed E-state index contributed by atoms with van der Waals surface area (Å²) < 4.78 is 23.1. The van der Waals surface area contributed by atoms with Crippen molar-refractivity contribution < 1.29 is 8.42 Å². The zero-order chi connectivity index (χ0) is 12.5. The van der Waals surface area contributed by atoms with Gasteiger partial charge >= 0.3 is 0 Å². The molecule has 0 saturated heterocycles. The van der Waals surface area contributed by atoms with Crippen LogP contribution in [0, 0.1) is 5.92 Å². The van der Waals surface area contributed by atoms with E-state index in [1.54, 1.807) is 0 Å². The summed E-state index contributed by atoms with van der Waals surface area (Å²) in [5.41, 5.74) is 2.49. The molecule has 1 aliphatic carbocycles. The van der Waals surface area contributed by atoms with Gasteiger partial charge in [-0.05, 0) is 46.7 Å². The van der Waals surface area contributed by atoms with Crippen LogP contribution in [-0.4, -0.2) is 39.2 Å². The molecule has 1 rings (SSSR count). The average molecular weight is 246 g/mol. The molecule has 2 N–H and O–H groups in total. The van der Waals surface area contributed by atoms with E-state index in [9.17, 15) is 8.42 Å². The van der Waals surface area contributed by atoms with Gasteiger partial charge in [-0.1, -0.05) is 11.1 Å². The predicted molar refractivity (Wildman–Crippen MR) is 66.5 cm³/mol. The Morgan fingerprint density at radius 2 is 1.75 bits per heavy atom. The third-order valence-corrected chi connectivity index (χ3v) is 4.75. The Kier molecular flexibility index (Phi) is 4.15. The maximum Gasteiger partial charge on any atom is 0.212 e. The minimum Gasteiger partial charge on any atom is -0.309 e. The molecule has 0 aromatic carbocycles. The lowest BCUT2D eigenvalue weighted by molar-refractivity contribution is 0.302. The maximum atomic E-state index is 11.6. The molecule has 2 unspecified atom stereocenters. The van der Waals surface area contributed by atoms with E-state index < -0.39 is 15.3 Å². The molecule has 0 radical (unpaired) electrons. The van der Waals surface area contributed by atoms with Crippen LogP contribution in [0.1, 0.15) is 26.7 Å². The van der Waals surface area contributed by atoms with E-state index in [-0.39, 0.29) is 5.92 Å². The Morgan fingerprint density at radius 1 is 1.25 bits per heavy atom. The van der Waals surface area contributed by atoms with Gasteiger partial charge in [-0.3, -0.25) is 0 Å². The molecule has 94 valence electrons. The Labute approximate surface area is 98.6 Å². The Balaban J connectivity index is 2.95. The van der Waals surface area contributed by atoms with E-state index in [1.807, 2.05) is 25.9 Å². The molecule has 2 atom stereocenters. The molecule has 16 heavy (non-hydrogen) atoms. The summed E-state index contributed by atoms with van der Waals surface area (Å²) in [5, 5.41) is 4.90. The summed E-state index contributed by atoms with van der Waals surface area (Å²) in [7, 11) is 0.480. The molecule has 0 aliphatic heterocycles. The second-order valence-electron chi connectivity index (χ2n) is 5.12. The summed E-state index contributed by atoms with van der Waals surface area (Å²) in [4.78, 5) is 2.02. The number of nitrogens with zero attached hydrogens (tertiary/aromatic N) is 1. The van der Waals surface area contributed by atoms with E-state index in [1.165, 1.54) is 11.1 Å². The van der Waals surface area contributed by atoms with Crippen LogP contribution < -0.4 is 5.14 Å². The number of nitrogens with two attached hydrogens (primary N) is 1. The highest BCUT2D eigenvalue weighted by molar-refractivity contribution is 7.89. The number of primary sulfonamides is 1. The topological polar surface area (TPSA) is 63.4 Å². The minimum absolute atomic E-state index is 0.119. The van der Waals surface area contributed by atoms with Gasteiger partial charge in [-0.2, -0.15) is 0 Å². The first kappa shape index (κ1) is 13.7. The Bertz CT molecular complexity index is 385. The summed E-state index contributed by atoms with van der Waals surface area (Å²) >= 11 is 0. The highest BCUT2D eigenvalue weighted by Gasteiger charge is 2.34. The van der Waals surface area contributed by atoms with E-state index in [0.29, 0.717) is 6.42 Å². The van der Waals surface area contributed by atoms with E-state index in [2.05, 4.69) is 6.92 Å². The van der Waals surface area contributed by atoms with Crippen molar-refractivity contribution in [2.75, 3.05) is 20.6 Å². The molecular weight excluding hydrogens is 224 g/mol. The first-order chi connectivity index (χ1) is 7.21. The van der Waals surface area contributed by atoms with Gasteiger partial charge < -0.3 is 4.90 Å². The molecule has 0 saturated carbocycles. The molecule has 0 aromatic heterocycles.